The fourth-order valence-corrected chi connectivity index (χ4v) is 5.50. The summed E-state index contributed by atoms with van der Waals surface area (Å²) < 4.78 is 35.1. The van der Waals surface area contributed by atoms with Crippen LogP contribution in [0.1, 0.15) is 0 Å². The van der Waals surface area contributed by atoms with Crippen molar-refractivity contribution < 1.29 is 53.2 Å². The van der Waals surface area contributed by atoms with Crippen LogP contribution >= 0.6 is 17.2 Å². The van der Waals surface area contributed by atoms with E-state index in [4.69, 9.17) is 36.7 Å². The van der Waals surface area contributed by atoms with E-state index in [1.165, 1.54) is 0 Å². The van der Waals surface area contributed by atoms with Gasteiger partial charge in [0, 0.05) is 16.5 Å². The van der Waals surface area contributed by atoms with Gasteiger partial charge in [-0.25, -0.2) is 0 Å². The van der Waals surface area contributed by atoms with Gasteiger partial charge in [0.15, 0.2) is 0 Å². The minimum Gasteiger partial charge on any atom is -0.409 e. The molecule has 0 fully saturated rings. The van der Waals surface area contributed by atoms with Crippen molar-refractivity contribution in [2.24, 2.45) is 0 Å². The van der Waals surface area contributed by atoms with Gasteiger partial charge in [0.25, 0.3) is 0 Å². The van der Waals surface area contributed by atoms with Crippen LogP contribution in [0, 0.1) is 0 Å². The Morgan fingerprint density at radius 3 is 0.510 bits per heavy atom. The van der Waals surface area contributed by atoms with E-state index >= 15 is 0 Å². The molecule has 6 rings (SSSR count). The molecule has 0 aromatic heterocycles. The van der Waals surface area contributed by atoms with Crippen molar-refractivity contribution in [3.63, 3.8) is 0 Å². The molecule has 0 aliphatic heterocycles. The van der Waals surface area contributed by atoms with Gasteiger partial charge in [-0.15, -0.1) is 0 Å². The second-order valence-corrected chi connectivity index (χ2v) is 10.9. The van der Waals surface area contributed by atoms with Crippen LogP contribution in [0.5, 0.6) is 34.5 Å². The predicted octanol–water partition coefficient (Wildman–Crippen LogP) is 10.5. The zero-order chi connectivity index (χ0) is 34.1. The van der Waals surface area contributed by atoms with E-state index in [-0.39, 0.29) is 16.5 Å². The Kier molecular flexibility index (Phi) is 20.3. The molecule has 6 aromatic carbocycles. The molecule has 0 saturated carbocycles. The standard InChI is InChI=1S/2C18H15O3P.2CH2O.Ni/c2*1-4-10-16(11-5-1)19-22(20-17-12-6-2-7-13-17)21-18-14-8-3-9-15-18;2*1-2;/h2*1-15H;2*1H2;. The summed E-state index contributed by atoms with van der Waals surface area (Å²) in [6.45, 7) is 4.00. The maximum Gasteiger partial charge on any atom is 0.530 e. The zero-order valence-corrected chi connectivity index (χ0v) is 29.0. The van der Waals surface area contributed by atoms with E-state index in [0.29, 0.717) is 34.5 Å². The molecule has 11 heteroatoms. The molecular formula is C38H34NiO8P2. The van der Waals surface area contributed by atoms with Gasteiger partial charge in [0.1, 0.15) is 48.1 Å². The van der Waals surface area contributed by atoms with Gasteiger partial charge in [-0.3, -0.25) is 0 Å². The van der Waals surface area contributed by atoms with Gasteiger partial charge in [-0.1, -0.05) is 109 Å². The smallest absolute Gasteiger partial charge is 0.409 e. The average molecular weight is 739 g/mol. The number of para-hydroxylation sites is 6. The first-order valence-corrected chi connectivity index (χ1v) is 16.6. The van der Waals surface area contributed by atoms with Gasteiger partial charge in [-0.05, 0) is 72.8 Å². The summed E-state index contributed by atoms with van der Waals surface area (Å²) in [4.78, 5) is 16.0. The third kappa shape index (κ3) is 16.0. The molecule has 6 aromatic rings. The fourth-order valence-electron chi connectivity index (χ4n) is 3.52. The first-order valence-electron chi connectivity index (χ1n) is 14.4. The molecule has 0 spiro atoms. The van der Waals surface area contributed by atoms with Crippen molar-refractivity contribution in [1.82, 2.24) is 0 Å². The van der Waals surface area contributed by atoms with Crippen molar-refractivity contribution >= 4 is 30.8 Å². The van der Waals surface area contributed by atoms with Crippen LogP contribution in [0.3, 0.4) is 0 Å². The van der Waals surface area contributed by atoms with Crippen LogP contribution in [0.2, 0.25) is 0 Å². The molecule has 0 unspecified atom stereocenters. The molecule has 0 saturated heterocycles. The van der Waals surface area contributed by atoms with Crippen LogP contribution in [-0.2, 0) is 26.1 Å². The quantitative estimate of drug-likeness (QED) is 0.0905. The van der Waals surface area contributed by atoms with Crippen molar-refractivity contribution in [2.75, 3.05) is 0 Å². The van der Waals surface area contributed by atoms with E-state index in [2.05, 4.69) is 0 Å². The largest absolute Gasteiger partial charge is 0.530 e. The molecular weight excluding hydrogens is 705 g/mol. The van der Waals surface area contributed by atoms with Gasteiger partial charge in [0.2, 0.25) is 0 Å². The van der Waals surface area contributed by atoms with E-state index in [1.54, 1.807) is 0 Å². The van der Waals surface area contributed by atoms with Crippen molar-refractivity contribution in [3.8, 4) is 34.5 Å². The summed E-state index contributed by atoms with van der Waals surface area (Å²) in [5.74, 6) is 4.25. The van der Waals surface area contributed by atoms with Crippen molar-refractivity contribution in [2.45, 2.75) is 0 Å². The van der Waals surface area contributed by atoms with Gasteiger partial charge < -0.3 is 36.7 Å². The van der Waals surface area contributed by atoms with Gasteiger partial charge in [-0.2, -0.15) is 0 Å². The van der Waals surface area contributed by atoms with E-state index < -0.39 is 17.2 Å². The van der Waals surface area contributed by atoms with Crippen molar-refractivity contribution in [1.29, 1.82) is 0 Å². The molecule has 0 aliphatic carbocycles. The Labute approximate surface area is 299 Å². The Morgan fingerprint density at radius 1 is 0.265 bits per heavy atom. The van der Waals surface area contributed by atoms with Crippen LogP contribution in [-0.4, -0.2) is 13.6 Å². The normalized spacial score (nSPS) is 9.35. The van der Waals surface area contributed by atoms with Crippen LogP contribution in [0.4, 0.5) is 0 Å². The number of hydrogen-bond acceptors (Lipinski definition) is 8. The van der Waals surface area contributed by atoms with E-state index in [9.17, 15) is 0 Å². The second-order valence-electron chi connectivity index (χ2n) is 8.87. The molecule has 0 aliphatic rings. The summed E-state index contributed by atoms with van der Waals surface area (Å²) in [7, 11) is -3.18. The third-order valence-electron chi connectivity index (χ3n) is 5.54. The molecule has 0 radical (unpaired) electrons. The Bertz CT molecular complexity index is 1320. The topological polar surface area (TPSA) is 89.5 Å². The monoisotopic (exact) mass is 738 g/mol. The van der Waals surface area contributed by atoms with E-state index in [1.807, 2.05) is 196 Å². The minimum absolute atomic E-state index is 0. The number of carbonyl (C=O) groups is 2. The molecule has 0 heterocycles. The van der Waals surface area contributed by atoms with Crippen LogP contribution in [0.15, 0.2) is 182 Å². The molecule has 254 valence electrons. The van der Waals surface area contributed by atoms with Gasteiger partial charge >= 0.3 is 17.2 Å². The Hall–Kier alpha value is -5.19. The molecule has 8 nitrogen and oxygen atoms in total. The number of carbonyl (C=O) groups excluding carboxylic acids is 2. The van der Waals surface area contributed by atoms with Crippen molar-refractivity contribution in [3.05, 3.63) is 182 Å². The molecule has 0 bridgehead atoms. The molecule has 0 N–H and O–H groups in total. The SMILES string of the molecule is C=O.C=O.[Ni].c1ccc(OP(Oc2ccccc2)Oc2ccccc2)cc1.c1ccc(OP(Oc2ccccc2)Oc2ccccc2)cc1. The summed E-state index contributed by atoms with van der Waals surface area (Å²) in [6, 6.07) is 57.0. The Balaban J connectivity index is 0.000000303. The zero-order valence-electron chi connectivity index (χ0n) is 26.2. The maximum absolute atomic E-state index is 8.00. The third-order valence-corrected chi connectivity index (χ3v) is 7.70. The first kappa shape index (κ1) is 40.0. The van der Waals surface area contributed by atoms with Gasteiger partial charge in [0.05, 0.1) is 0 Å². The van der Waals surface area contributed by atoms with Crippen LogP contribution in [0.25, 0.3) is 0 Å². The number of rotatable bonds is 12. The summed E-state index contributed by atoms with van der Waals surface area (Å²) in [5, 5.41) is 0. The second kappa shape index (κ2) is 24.9. The average Bonchev–Trinajstić information content (AvgIpc) is 3.16. The summed E-state index contributed by atoms with van der Waals surface area (Å²) in [6.07, 6.45) is 0. The predicted molar refractivity (Wildman–Crippen MR) is 191 cm³/mol. The molecule has 0 amide bonds. The molecule has 49 heavy (non-hydrogen) atoms. The fraction of sp³-hybridized carbons (Fsp3) is 0. The Morgan fingerprint density at radius 2 is 0.388 bits per heavy atom. The number of benzene rings is 6. The molecule has 0 atom stereocenters. The van der Waals surface area contributed by atoms with E-state index in [0.717, 1.165) is 0 Å². The number of hydrogen-bond donors (Lipinski definition) is 0. The first-order chi connectivity index (χ1) is 23.8. The minimum atomic E-state index is -1.59. The summed E-state index contributed by atoms with van der Waals surface area (Å²) >= 11 is 0. The summed E-state index contributed by atoms with van der Waals surface area (Å²) in [5.41, 5.74) is 0. The van der Waals surface area contributed by atoms with Crippen LogP contribution < -0.4 is 27.1 Å². The maximum atomic E-state index is 8.00.